The van der Waals surface area contributed by atoms with Gasteiger partial charge in [0.1, 0.15) is 0 Å². The standard InChI is InChI=1S/C15H16Cl2N2O4/c1-4-10-11(14(20)23-3)12(19-15(21)18-10)7-5-8(16)13(22-2)9(17)6-7/h5-6,12H,4H2,1-3H3,(H2,18,19,21). The van der Waals surface area contributed by atoms with Crippen LogP contribution in [0.4, 0.5) is 4.79 Å². The van der Waals surface area contributed by atoms with Crippen LogP contribution in [0.3, 0.4) is 0 Å². The van der Waals surface area contributed by atoms with E-state index in [9.17, 15) is 9.59 Å². The van der Waals surface area contributed by atoms with Gasteiger partial charge in [0.25, 0.3) is 0 Å². The van der Waals surface area contributed by atoms with Crippen molar-refractivity contribution in [3.63, 3.8) is 0 Å². The van der Waals surface area contributed by atoms with Crippen LogP contribution in [0.15, 0.2) is 23.4 Å². The second-order valence-electron chi connectivity index (χ2n) is 4.79. The smallest absolute Gasteiger partial charge is 0.337 e. The molecule has 1 aliphatic heterocycles. The van der Waals surface area contributed by atoms with E-state index in [4.69, 9.17) is 32.7 Å². The lowest BCUT2D eigenvalue weighted by Gasteiger charge is -2.29. The summed E-state index contributed by atoms with van der Waals surface area (Å²) in [4.78, 5) is 24.0. The molecular formula is C15H16Cl2N2O4. The van der Waals surface area contributed by atoms with Crippen molar-refractivity contribution in [2.45, 2.75) is 19.4 Å². The van der Waals surface area contributed by atoms with Gasteiger partial charge in [-0.2, -0.15) is 0 Å². The first-order valence-corrected chi connectivity index (χ1v) is 7.60. The van der Waals surface area contributed by atoms with Gasteiger partial charge in [-0.3, -0.25) is 0 Å². The van der Waals surface area contributed by atoms with E-state index < -0.39 is 18.0 Å². The van der Waals surface area contributed by atoms with Gasteiger partial charge in [-0.1, -0.05) is 30.1 Å². The number of rotatable bonds is 4. The Morgan fingerprint density at radius 3 is 2.35 bits per heavy atom. The van der Waals surface area contributed by atoms with Gasteiger partial charge in [-0.05, 0) is 24.1 Å². The normalized spacial score (nSPS) is 17.4. The predicted octanol–water partition coefficient (Wildman–Crippen LogP) is 3.19. The fourth-order valence-corrected chi connectivity index (χ4v) is 3.10. The molecule has 1 aliphatic rings. The van der Waals surface area contributed by atoms with E-state index >= 15 is 0 Å². The number of hydrogen-bond acceptors (Lipinski definition) is 4. The van der Waals surface area contributed by atoms with E-state index in [-0.39, 0.29) is 10.0 Å². The third-order valence-electron chi connectivity index (χ3n) is 3.47. The van der Waals surface area contributed by atoms with Gasteiger partial charge in [-0.25, -0.2) is 9.59 Å². The zero-order chi connectivity index (χ0) is 17.1. The van der Waals surface area contributed by atoms with Crippen molar-refractivity contribution in [3.05, 3.63) is 39.0 Å². The first-order valence-electron chi connectivity index (χ1n) is 6.84. The molecule has 1 heterocycles. The van der Waals surface area contributed by atoms with Crippen molar-refractivity contribution >= 4 is 35.2 Å². The van der Waals surface area contributed by atoms with E-state index in [0.717, 1.165) is 0 Å². The molecule has 1 aromatic carbocycles. The molecule has 0 bridgehead atoms. The first kappa shape index (κ1) is 17.4. The summed E-state index contributed by atoms with van der Waals surface area (Å²) in [6.07, 6.45) is 0.464. The highest BCUT2D eigenvalue weighted by atomic mass is 35.5. The summed E-state index contributed by atoms with van der Waals surface area (Å²) in [6, 6.07) is 2.06. The molecule has 1 atom stereocenters. The fraction of sp³-hybridized carbons (Fsp3) is 0.333. The Bertz CT molecular complexity index is 665. The number of hydrogen-bond donors (Lipinski definition) is 2. The molecule has 2 N–H and O–H groups in total. The van der Waals surface area contributed by atoms with Crippen LogP contribution in [-0.2, 0) is 9.53 Å². The van der Waals surface area contributed by atoms with Gasteiger partial charge >= 0.3 is 12.0 Å². The Labute approximate surface area is 143 Å². The average molecular weight is 359 g/mol. The van der Waals surface area contributed by atoms with Crippen molar-refractivity contribution in [1.29, 1.82) is 0 Å². The van der Waals surface area contributed by atoms with Crippen LogP contribution >= 0.6 is 23.2 Å². The van der Waals surface area contributed by atoms with Gasteiger partial charge in [0, 0.05) is 5.70 Å². The Balaban J connectivity index is 2.59. The lowest BCUT2D eigenvalue weighted by molar-refractivity contribution is -0.136. The minimum atomic E-state index is -0.716. The van der Waals surface area contributed by atoms with Gasteiger partial charge in [0.05, 0.1) is 35.9 Å². The Kier molecular flexibility index (Phi) is 5.38. The summed E-state index contributed by atoms with van der Waals surface area (Å²) in [6.45, 7) is 1.83. The molecule has 0 fully saturated rings. The zero-order valence-corrected chi connectivity index (χ0v) is 14.3. The molecule has 2 amide bonds. The maximum absolute atomic E-state index is 12.2. The lowest BCUT2D eigenvalue weighted by Crippen LogP contribution is -2.45. The summed E-state index contributed by atoms with van der Waals surface area (Å²) >= 11 is 12.3. The molecule has 1 aromatic rings. The topological polar surface area (TPSA) is 76.7 Å². The molecule has 6 nitrogen and oxygen atoms in total. The summed E-state index contributed by atoms with van der Waals surface area (Å²) in [5.41, 5.74) is 1.36. The summed E-state index contributed by atoms with van der Waals surface area (Å²) < 4.78 is 9.95. The van der Waals surface area contributed by atoms with Crippen LogP contribution in [0.25, 0.3) is 0 Å². The Morgan fingerprint density at radius 1 is 1.26 bits per heavy atom. The number of esters is 1. The summed E-state index contributed by atoms with van der Waals surface area (Å²) in [5.74, 6) is -0.209. The van der Waals surface area contributed by atoms with Crippen LogP contribution in [0.5, 0.6) is 5.75 Å². The number of nitrogens with one attached hydrogen (secondary N) is 2. The molecule has 0 spiro atoms. The highest BCUT2D eigenvalue weighted by Crippen LogP contribution is 2.38. The van der Waals surface area contributed by atoms with Gasteiger partial charge in [0.2, 0.25) is 0 Å². The number of allylic oxidation sites excluding steroid dienone is 1. The van der Waals surface area contributed by atoms with Crippen LogP contribution in [0.1, 0.15) is 24.9 Å². The number of amides is 2. The van der Waals surface area contributed by atoms with E-state index in [0.29, 0.717) is 29.0 Å². The molecule has 1 unspecified atom stereocenters. The van der Waals surface area contributed by atoms with Crippen molar-refractivity contribution in [3.8, 4) is 5.75 Å². The SMILES string of the molecule is CCC1=C(C(=O)OC)C(c2cc(Cl)c(OC)c(Cl)c2)NC(=O)N1. The molecular weight excluding hydrogens is 343 g/mol. The van der Waals surface area contributed by atoms with Gasteiger partial charge in [-0.15, -0.1) is 0 Å². The molecule has 2 rings (SSSR count). The molecule has 124 valence electrons. The minimum absolute atomic E-state index is 0.282. The maximum atomic E-state index is 12.2. The van der Waals surface area contributed by atoms with E-state index in [2.05, 4.69) is 10.6 Å². The van der Waals surface area contributed by atoms with Crippen molar-refractivity contribution in [1.82, 2.24) is 10.6 Å². The summed E-state index contributed by atoms with van der Waals surface area (Å²) in [5, 5.41) is 5.87. The monoisotopic (exact) mass is 358 g/mol. The van der Waals surface area contributed by atoms with E-state index in [1.165, 1.54) is 14.2 Å². The maximum Gasteiger partial charge on any atom is 0.337 e. The lowest BCUT2D eigenvalue weighted by atomic mass is 9.94. The number of benzene rings is 1. The third-order valence-corrected chi connectivity index (χ3v) is 4.03. The van der Waals surface area contributed by atoms with Crippen molar-refractivity contribution in [2.24, 2.45) is 0 Å². The minimum Gasteiger partial charge on any atom is -0.494 e. The quantitative estimate of drug-likeness (QED) is 0.810. The largest absolute Gasteiger partial charge is 0.494 e. The van der Waals surface area contributed by atoms with E-state index in [1.807, 2.05) is 6.92 Å². The second kappa shape index (κ2) is 7.10. The molecule has 0 saturated heterocycles. The first-order chi connectivity index (χ1) is 10.9. The van der Waals surface area contributed by atoms with Crippen molar-refractivity contribution < 1.29 is 19.1 Å². The number of urea groups is 1. The van der Waals surface area contributed by atoms with Gasteiger partial charge in [0.15, 0.2) is 5.75 Å². The zero-order valence-electron chi connectivity index (χ0n) is 12.8. The van der Waals surface area contributed by atoms with Gasteiger partial charge < -0.3 is 20.1 Å². The average Bonchev–Trinajstić information content (AvgIpc) is 2.52. The van der Waals surface area contributed by atoms with Crippen LogP contribution in [-0.4, -0.2) is 26.2 Å². The number of ether oxygens (including phenoxy) is 2. The molecule has 8 heteroatoms. The number of carbonyl (C=O) groups excluding carboxylic acids is 2. The highest BCUT2D eigenvalue weighted by Gasteiger charge is 2.33. The second-order valence-corrected chi connectivity index (χ2v) is 5.60. The highest BCUT2D eigenvalue weighted by molar-refractivity contribution is 6.37. The Hall–Kier alpha value is -1.92. The molecule has 0 aromatic heterocycles. The number of methoxy groups -OCH3 is 2. The van der Waals surface area contributed by atoms with Crippen molar-refractivity contribution in [2.75, 3.05) is 14.2 Å². The molecule has 0 aliphatic carbocycles. The fourth-order valence-electron chi connectivity index (χ4n) is 2.44. The van der Waals surface area contributed by atoms with Crippen LogP contribution < -0.4 is 15.4 Å². The predicted molar refractivity (Wildman–Crippen MR) is 86.8 cm³/mol. The van der Waals surface area contributed by atoms with E-state index in [1.54, 1.807) is 12.1 Å². The summed E-state index contributed by atoms with van der Waals surface area (Å²) in [7, 11) is 2.73. The van der Waals surface area contributed by atoms with Crippen LogP contribution in [0.2, 0.25) is 10.0 Å². The van der Waals surface area contributed by atoms with Crippen LogP contribution in [0, 0.1) is 0 Å². The Morgan fingerprint density at radius 2 is 1.87 bits per heavy atom. The molecule has 0 saturated carbocycles. The number of halogens is 2. The molecule has 0 radical (unpaired) electrons. The number of carbonyl (C=O) groups is 2. The molecule has 23 heavy (non-hydrogen) atoms. The third kappa shape index (κ3) is 3.38.